The molecular weight excluding hydrogens is 386 g/mol. The Hall–Kier alpha value is -2.55. The van der Waals surface area contributed by atoms with Crippen LogP contribution < -0.4 is 0 Å². The molecule has 9 heteroatoms. The molecule has 7 nitrogen and oxygen atoms in total. The van der Waals surface area contributed by atoms with E-state index >= 15 is 0 Å². The maximum atomic E-state index is 13.8. The standard InChI is InChI=1S/C20H24F2N2O5/c1-13(18(25)24-8-10-28-11-9-24)29-20(27)14-4-6-23(7-5-14)19(26)16-3-2-15(21)12-17(16)22/h2-3,12-14H,4-11H2,1H3. The van der Waals surface area contributed by atoms with Gasteiger partial charge in [-0.05, 0) is 31.9 Å². The van der Waals surface area contributed by atoms with E-state index in [0.29, 0.717) is 45.2 Å². The lowest BCUT2D eigenvalue weighted by molar-refractivity contribution is -0.165. The number of morpholine rings is 1. The number of carbonyl (C=O) groups is 3. The summed E-state index contributed by atoms with van der Waals surface area (Å²) in [6, 6.07) is 2.82. The summed E-state index contributed by atoms with van der Waals surface area (Å²) in [5.74, 6) is -3.35. The molecule has 0 aliphatic carbocycles. The molecule has 1 aromatic carbocycles. The quantitative estimate of drug-likeness (QED) is 0.705. The maximum Gasteiger partial charge on any atom is 0.309 e. The summed E-state index contributed by atoms with van der Waals surface area (Å²) in [4.78, 5) is 40.2. The number of nitrogens with zero attached hydrogens (tertiary/aromatic N) is 2. The number of carbonyl (C=O) groups excluding carboxylic acids is 3. The smallest absolute Gasteiger partial charge is 0.309 e. The molecule has 2 aliphatic heterocycles. The Morgan fingerprint density at radius 2 is 1.72 bits per heavy atom. The number of hydrogen-bond donors (Lipinski definition) is 0. The summed E-state index contributed by atoms with van der Waals surface area (Å²) in [5, 5.41) is 0. The number of ether oxygens (including phenoxy) is 2. The van der Waals surface area contributed by atoms with Crippen LogP contribution in [0.1, 0.15) is 30.1 Å². The molecule has 0 spiro atoms. The summed E-state index contributed by atoms with van der Waals surface area (Å²) < 4.78 is 37.4. The summed E-state index contributed by atoms with van der Waals surface area (Å²) in [7, 11) is 0. The van der Waals surface area contributed by atoms with Gasteiger partial charge in [-0.15, -0.1) is 0 Å². The highest BCUT2D eigenvalue weighted by atomic mass is 19.1. The zero-order chi connectivity index (χ0) is 21.0. The second-order valence-corrected chi connectivity index (χ2v) is 7.21. The Kier molecular flexibility index (Phi) is 6.79. The van der Waals surface area contributed by atoms with Crippen LogP contribution in [0.25, 0.3) is 0 Å². The van der Waals surface area contributed by atoms with Gasteiger partial charge in [0.2, 0.25) is 0 Å². The minimum Gasteiger partial charge on any atom is -0.452 e. The van der Waals surface area contributed by atoms with Gasteiger partial charge in [0.1, 0.15) is 11.6 Å². The summed E-state index contributed by atoms with van der Waals surface area (Å²) in [6.07, 6.45) is -0.175. The average Bonchev–Trinajstić information content (AvgIpc) is 2.73. The SMILES string of the molecule is CC(OC(=O)C1CCN(C(=O)c2ccc(F)cc2F)CC1)C(=O)N1CCOCC1. The third kappa shape index (κ3) is 5.09. The largest absolute Gasteiger partial charge is 0.452 e. The van der Waals surface area contributed by atoms with Gasteiger partial charge in [0.15, 0.2) is 6.10 Å². The van der Waals surface area contributed by atoms with Crippen molar-refractivity contribution < 1.29 is 32.6 Å². The fraction of sp³-hybridized carbons (Fsp3) is 0.550. The molecule has 0 bridgehead atoms. The maximum absolute atomic E-state index is 13.8. The number of benzene rings is 1. The van der Waals surface area contributed by atoms with Crippen molar-refractivity contribution in [3.8, 4) is 0 Å². The van der Waals surface area contributed by atoms with Crippen molar-refractivity contribution in [1.82, 2.24) is 9.80 Å². The van der Waals surface area contributed by atoms with Crippen molar-refractivity contribution in [3.05, 3.63) is 35.4 Å². The minimum atomic E-state index is -0.910. The molecule has 158 valence electrons. The molecule has 29 heavy (non-hydrogen) atoms. The molecule has 0 aromatic heterocycles. The molecule has 2 heterocycles. The van der Waals surface area contributed by atoms with Gasteiger partial charge in [0, 0.05) is 32.2 Å². The number of likely N-dealkylation sites (tertiary alicyclic amines) is 1. The first-order valence-corrected chi connectivity index (χ1v) is 9.68. The van der Waals surface area contributed by atoms with E-state index < -0.39 is 35.5 Å². The molecule has 0 radical (unpaired) electrons. The highest BCUT2D eigenvalue weighted by molar-refractivity contribution is 5.94. The number of halogens is 2. The molecule has 3 rings (SSSR count). The van der Waals surface area contributed by atoms with E-state index in [0.717, 1.165) is 12.1 Å². The topological polar surface area (TPSA) is 76.2 Å². The number of esters is 1. The van der Waals surface area contributed by atoms with Gasteiger partial charge in [-0.3, -0.25) is 14.4 Å². The highest BCUT2D eigenvalue weighted by Gasteiger charge is 2.32. The van der Waals surface area contributed by atoms with Gasteiger partial charge < -0.3 is 19.3 Å². The van der Waals surface area contributed by atoms with E-state index in [4.69, 9.17) is 9.47 Å². The van der Waals surface area contributed by atoms with Crippen LogP contribution in [-0.2, 0) is 19.1 Å². The molecule has 1 atom stereocenters. The van der Waals surface area contributed by atoms with Gasteiger partial charge in [-0.25, -0.2) is 8.78 Å². The average molecular weight is 410 g/mol. The number of rotatable bonds is 4. The van der Waals surface area contributed by atoms with Crippen molar-refractivity contribution in [1.29, 1.82) is 0 Å². The van der Waals surface area contributed by atoms with Crippen LogP contribution in [0.15, 0.2) is 18.2 Å². The van der Waals surface area contributed by atoms with Crippen LogP contribution in [-0.4, -0.2) is 73.1 Å². The first-order chi connectivity index (χ1) is 13.9. The van der Waals surface area contributed by atoms with E-state index in [-0.39, 0.29) is 24.6 Å². The minimum absolute atomic E-state index is 0.197. The van der Waals surface area contributed by atoms with Crippen molar-refractivity contribution >= 4 is 17.8 Å². The zero-order valence-corrected chi connectivity index (χ0v) is 16.2. The summed E-state index contributed by atoms with van der Waals surface area (Å²) in [6.45, 7) is 3.93. The van der Waals surface area contributed by atoms with Crippen LogP contribution in [0.5, 0.6) is 0 Å². The predicted molar refractivity (Wildman–Crippen MR) is 97.9 cm³/mol. The van der Waals surface area contributed by atoms with Crippen LogP contribution in [0.3, 0.4) is 0 Å². The molecule has 2 amide bonds. The van der Waals surface area contributed by atoms with E-state index in [1.54, 1.807) is 11.8 Å². The summed E-state index contributed by atoms with van der Waals surface area (Å²) in [5.41, 5.74) is -0.197. The molecule has 1 unspecified atom stereocenters. The summed E-state index contributed by atoms with van der Waals surface area (Å²) >= 11 is 0. The van der Waals surface area contributed by atoms with Crippen molar-refractivity contribution in [2.45, 2.75) is 25.9 Å². The molecule has 1 aromatic rings. The second kappa shape index (κ2) is 9.30. The Labute approximate surface area is 167 Å². The Morgan fingerprint density at radius 3 is 2.34 bits per heavy atom. The van der Waals surface area contributed by atoms with Gasteiger partial charge in [0.05, 0.1) is 24.7 Å². The Morgan fingerprint density at radius 1 is 1.07 bits per heavy atom. The monoisotopic (exact) mass is 410 g/mol. The fourth-order valence-electron chi connectivity index (χ4n) is 3.51. The molecular formula is C20H24F2N2O5. The normalized spacial score (nSPS) is 19.0. The van der Waals surface area contributed by atoms with E-state index in [2.05, 4.69) is 0 Å². The van der Waals surface area contributed by atoms with Crippen LogP contribution in [0.2, 0.25) is 0 Å². The molecule has 2 aliphatic rings. The molecule has 2 fully saturated rings. The lowest BCUT2D eigenvalue weighted by atomic mass is 9.96. The molecule has 2 saturated heterocycles. The second-order valence-electron chi connectivity index (χ2n) is 7.21. The van der Waals surface area contributed by atoms with Crippen molar-refractivity contribution in [3.63, 3.8) is 0 Å². The molecule has 0 saturated carbocycles. The lowest BCUT2D eigenvalue weighted by Gasteiger charge is -2.32. The van der Waals surface area contributed by atoms with Gasteiger partial charge in [-0.1, -0.05) is 0 Å². The van der Waals surface area contributed by atoms with E-state index in [1.807, 2.05) is 0 Å². The van der Waals surface area contributed by atoms with Crippen LogP contribution >= 0.6 is 0 Å². The highest BCUT2D eigenvalue weighted by Crippen LogP contribution is 2.22. The zero-order valence-electron chi connectivity index (χ0n) is 16.2. The van der Waals surface area contributed by atoms with Crippen molar-refractivity contribution in [2.24, 2.45) is 5.92 Å². The van der Waals surface area contributed by atoms with E-state index in [9.17, 15) is 23.2 Å². The lowest BCUT2D eigenvalue weighted by Crippen LogP contribution is -2.47. The van der Waals surface area contributed by atoms with Crippen LogP contribution in [0.4, 0.5) is 8.78 Å². The third-order valence-corrected chi connectivity index (χ3v) is 5.24. The molecule has 0 N–H and O–H groups in total. The first-order valence-electron chi connectivity index (χ1n) is 9.68. The van der Waals surface area contributed by atoms with E-state index in [1.165, 1.54) is 4.90 Å². The van der Waals surface area contributed by atoms with Crippen molar-refractivity contribution in [2.75, 3.05) is 39.4 Å². The Bertz CT molecular complexity index is 774. The third-order valence-electron chi connectivity index (χ3n) is 5.24. The Balaban J connectivity index is 1.50. The number of piperidine rings is 1. The van der Waals surface area contributed by atoms with Gasteiger partial charge in [-0.2, -0.15) is 0 Å². The van der Waals surface area contributed by atoms with Gasteiger partial charge in [0.25, 0.3) is 11.8 Å². The predicted octanol–water partition coefficient (Wildman–Crippen LogP) is 1.61. The first kappa shape index (κ1) is 21.2. The number of hydrogen-bond acceptors (Lipinski definition) is 5. The van der Waals surface area contributed by atoms with Crippen LogP contribution in [0, 0.1) is 17.6 Å². The van der Waals surface area contributed by atoms with Gasteiger partial charge >= 0.3 is 5.97 Å². The number of amides is 2. The fourth-order valence-corrected chi connectivity index (χ4v) is 3.51.